The van der Waals surface area contributed by atoms with E-state index < -0.39 is 11.8 Å². The molecule has 0 radical (unpaired) electrons. The average molecular weight is 467 g/mol. The number of aryl methyl sites for hydroxylation is 2. The summed E-state index contributed by atoms with van der Waals surface area (Å²) in [6, 6.07) is 17.4. The summed E-state index contributed by atoms with van der Waals surface area (Å²) >= 11 is 12.1. The molecule has 0 atom stereocenters. The van der Waals surface area contributed by atoms with Gasteiger partial charge in [0.25, 0.3) is 11.8 Å². The molecular weight excluding hydrogens is 447 g/mol. The first kappa shape index (κ1) is 21.9. The molecule has 0 unspecified atom stereocenters. The Balaban J connectivity index is 1.87. The number of nitrogens with one attached hydrogen (secondary N) is 1. The lowest BCUT2D eigenvalue weighted by Gasteiger charge is -2.18. The zero-order valence-electron chi connectivity index (χ0n) is 17.7. The molecule has 0 spiro atoms. The van der Waals surface area contributed by atoms with E-state index in [0.717, 1.165) is 5.56 Å². The van der Waals surface area contributed by atoms with Gasteiger partial charge in [-0.25, -0.2) is 4.90 Å². The highest BCUT2D eigenvalue weighted by atomic mass is 35.5. The molecule has 2 amide bonds. The lowest BCUT2D eigenvalue weighted by Crippen LogP contribution is -2.33. The highest BCUT2D eigenvalue weighted by molar-refractivity contribution is 6.46. The zero-order chi connectivity index (χ0) is 23.0. The smallest absolute Gasteiger partial charge is 0.282 e. The summed E-state index contributed by atoms with van der Waals surface area (Å²) in [6.07, 6.45) is 0. The van der Waals surface area contributed by atoms with Gasteiger partial charge in [0.1, 0.15) is 11.4 Å². The fourth-order valence-corrected chi connectivity index (χ4v) is 4.03. The number of benzene rings is 3. The number of nitrogens with zero attached hydrogens (tertiary/aromatic N) is 1. The van der Waals surface area contributed by atoms with Crippen LogP contribution in [0.15, 0.2) is 66.4 Å². The predicted molar refractivity (Wildman–Crippen MR) is 128 cm³/mol. The molecule has 5 nitrogen and oxygen atoms in total. The van der Waals surface area contributed by atoms with Gasteiger partial charge in [0.05, 0.1) is 24.1 Å². The summed E-state index contributed by atoms with van der Waals surface area (Å²) < 4.78 is 5.45. The van der Waals surface area contributed by atoms with E-state index in [1.54, 1.807) is 56.5 Å². The van der Waals surface area contributed by atoms with E-state index in [1.807, 2.05) is 25.1 Å². The monoisotopic (exact) mass is 466 g/mol. The van der Waals surface area contributed by atoms with E-state index in [9.17, 15) is 9.59 Å². The van der Waals surface area contributed by atoms with Crippen LogP contribution in [-0.2, 0) is 9.59 Å². The van der Waals surface area contributed by atoms with Gasteiger partial charge in [0.2, 0.25) is 0 Å². The number of imide groups is 1. The minimum absolute atomic E-state index is 0.163. The third-order valence-electron chi connectivity index (χ3n) is 5.23. The Labute approximate surface area is 196 Å². The molecule has 1 heterocycles. The summed E-state index contributed by atoms with van der Waals surface area (Å²) in [5, 5.41) is 4.22. The van der Waals surface area contributed by atoms with Crippen LogP contribution in [0.4, 0.5) is 11.4 Å². The van der Waals surface area contributed by atoms with Gasteiger partial charge in [-0.05, 0) is 73.0 Å². The van der Waals surface area contributed by atoms with Crippen LogP contribution >= 0.6 is 23.2 Å². The largest absolute Gasteiger partial charge is 0.495 e. The van der Waals surface area contributed by atoms with Crippen molar-refractivity contribution < 1.29 is 14.3 Å². The van der Waals surface area contributed by atoms with Gasteiger partial charge in [-0.3, -0.25) is 9.59 Å². The molecule has 32 heavy (non-hydrogen) atoms. The Morgan fingerprint density at radius 2 is 1.53 bits per heavy atom. The van der Waals surface area contributed by atoms with Crippen molar-refractivity contribution in [2.75, 3.05) is 17.3 Å². The van der Waals surface area contributed by atoms with Gasteiger partial charge in [0.15, 0.2) is 0 Å². The number of methoxy groups -OCH3 is 1. The molecular formula is C25H20Cl2N2O3. The van der Waals surface area contributed by atoms with Crippen molar-refractivity contribution in [3.05, 3.63) is 93.1 Å². The Morgan fingerprint density at radius 1 is 0.844 bits per heavy atom. The third kappa shape index (κ3) is 3.97. The molecule has 3 aromatic carbocycles. The van der Waals surface area contributed by atoms with Gasteiger partial charge in [-0.15, -0.1) is 0 Å². The van der Waals surface area contributed by atoms with Crippen LogP contribution in [0, 0.1) is 13.8 Å². The van der Waals surface area contributed by atoms with E-state index in [4.69, 9.17) is 27.9 Å². The van der Waals surface area contributed by atoms with Crippen LogP contribution in [0.25, 0.3) is 5.57 Å². The number of halogens is 2. The van der Waals surface area contributed by atoms with E-state index in [-0.39, 0.29) is 11.3 Å². The maximum atomic E-state index is 13.6. The second-order valence-corrected chi connectivity index (χ2v) is 8.34. The number of rotatable bonds is 5. The fourth-order valence-electron chi connectivity index (χ4n) is 3.67. The summed E-state index contributed by atoms with van der Waals surface area (Å²) in [7, 11) is 1.55. The van der Waals surface area contributed by atoms with Crippen molar-refractivity contribution in [3.8, 4) is 5.75 Å². The lowest BCUT2D eigenvalue weighted by atomic mass is 10.0. The van der Waals surface area contributed by atoms with Crippen LogP contribution in [0.1, 0.15) is 16.7 Å². The van der Waals surface area contributed by atoms with Crippen molar-refractivity contribution in [1.82, 2.24) is 0 Å². The first-order valence-electron chi connectivity index (χ1n) is 9.87. The normalized spacial score (nSPS) is 13.7. The highest BCUT2D eigenvalue weighted by Crippen LogP contribution is 2.37. The first-order chi connectivity index (χ1) is 15.3. The van der Waals surface area contributed by atoms with E-state index >= 15 is 0 Å². The topological polar surface area (TPSA) is 58.6 Å². The number of anilines is 2. The number of amides is 2. The minimum Gasteiger partial charge on any atom is -0.495 e. The molecule has 3 aromatic rings. The van der Waals surface area contributed by atoms with E-state index in [1.165, 1.54) is 4.90 Å². The Bertz CT molecular complexity index is 1270. The number of carbonyl (C=O) groups is 2. The van der Waals surface area contributed by atoms with Gasteiger partial charge in [-0.2, -0.15) is 0 Å². The quantitative estimate of drug-likeness (QED) is 0.467. The molecule has 4 rings (SSSR count). The second-order valence-electron chi connectivity index (χ2n) is 7.46. The van der Waals surface area contributed by atoms with Crippen LogP contribution in [0.5, 0.6) is 5.75 Å². The number of carbonyl (C=O) groups excluding carboxylic acids is 2. The molecule has 0 saturated carbocycles. The van der Waals surface area contributed by atoms with Crippen molar-refractivity contribution in [3.63, 3.8) is 0 Å². The van der Waals surface area contributed by atoms with E-state index in [0.29, 0.717) is 38.3 Å². The average Bonchev–Trinajstić information content (AvgIpc) is 2.99. The van der Waals surface area contributed by atoms with Gasteiger partial charge >= 0.3 is 0 Å². The maximum absolute atomic E-state index is 13.6. The van der Waals surface area contributed by atoms with Gasteiger partial charge < -0.3 is 10.1 Å². The Kier molecular flexibility index (Phi) is 5.96. The Hall–Kier alpha value is -3.28. The van der Waals surface area contributed by atoms with Crippen molar-refractivity contribution >= 4 is 52.0 Å². The lowest BCUT2D eigenvalue weighted by molar-refractivity contribution is -0.120. The number of hydrogen-bond acceptors (Lipinski definition) is 4. The minimum atomic E-state index is -0.464. The summed E-state index contributed by atoms with van der Waals surface area (Å²) in [6.45, 7) is 3.74. The maximum Gasteiger partial charge on any atom is 0.282 e. The fraction of sp³-hybridized carbons (Fsp3) is 0.120. The SMILES string of the molecule is COc1ccc(C)cc1NC1=C(c2ccc(Cl)cc2)C(=O)N(c2ccc(Cl)cc2C)C1=O. The summed E-state index contributed by atoms with van der Waals surface area (Å²) in [4.78, 5) is 28.3. The first-order valence-corrected chi connectivity index (χ1v) is 10.6. The van der Waals surface area contributed by atoms with Crippen LogP contribution in [0.3, 0.4) is 0 Å². The third-order valence-corrected chi connectivity index (χ3v) is 5.72. The zero-order valence-corrected chi connectivity index (χ0v) is 19.2. The molecule has 0 saturated heterocycles. The van der Waals surface area contributed by atoms with Crippen LogP contribution in [-0.4, -0.2) is 18.9 Å². The molecule has 162 valence electrons. The van der Waals surface area contributed by atoms with Crippen molar-refractivity contribution in [2.45, 2.75) is 13.8 Å². The molecule has 0 fully saturated rings. The van der Waals surface area contributed by atoms with Crippen molar-refractivity contribution in [2.24, 2.45) is 0 Å². The number of hydrogen-bond donors (Lipinski definition) is 1. The van der Waals surface area contributed by atoms with Crippen LogP contribution < -0.4 is 15.0 Å². The van der Waals surface area contributed by atoms with Crippen LogP contribution in [0.2, 0.25) is 10.0 Å². The molecule has 0 aromatic heterocycles. The summed E-state index contributed by atoms with van der Waals surface area (Å²) in [5.74, 6) is -0.342. The molecule has 1 N–H and O–H groups in total. The van der Waals surface area contributed by atoms with Gasteiger partial charge in [0, 0.05) is 10.0 Å². The molecule has 7 heteroatoms. The molecule has 0 bridgehead atoms. The van der Waals surface area contributed by atoms with Crippen molar-refractivity contribution in [1.29, 1.82) is 0 Å². The standard InChI is InChI=1S/C25H20Cl2N2O3/c1-14-4-11-21(32-3)19(12-14)28-23-22(16-5-7-17(26)8-6-16)24(30)29(25(23)31)20-10-9-18(27)13-15(20)2/h4-13,28H,1-3H3. The number of ether oxygens (including phenoxy) is 1. The molecule has 0 aliphatic carbocycles. The van der Waals surface area contributed by atoms with E-state index in [2.05, 4.69) is 5.32 Å². The molecule has 1 aliphatic heterocycles. The predicted octanol–water partition coefficient (Wildman–Crippen LogP) is 6.02. The second kappa shape index (κ2) is 8.69. The highest BCUT2D eigenvalue weighted by Gasteiger charge is 2.41. The summed E-state index contributed by atoms with van der Waals surface area (Å²) in [5.41, 5.74) is 3.75. The van der Waals surface area contributed by atoms with Gasteiger partial charge in [-0.1, -0.05) is 41.4 Å². The molecule has 1 aliphatic rings. The Morgan fingerprint density at radius 3 is 2.19 bits per heavy atom.